The van der Waals surface area contributed by atoms with Gasteiger partial charge >= 0.3 is 5.97 Å². The molecule has 0 aliphatic rings. The first-order chi connectivity index (χ1) is 11.2. The van der Waals surface area contributed by atoms with Crippen LogP contribution in [0.4, 0.5) is 5.82 Å². The summed E-state index contributed by atoms with van der Waals surface area (Å²) in [5.74, 6) is -2.33. The van der Waals surface area contributed by atoms with E-state index in [1.165, 1.54) is 6.92 Å². The molecule has 1 heterocycles. The predicted molar refractivity (Wildman–Crippen MR) is 91.9 cm³/mol. The van der Waals surface area contributed by atoms with Gasteiger partial charge in [0.05, 0.1) is 12.2 Å². The fourth-order valence-electron chi connectivity index (χ4n) is 2.11. The Morgan fingerprint density at radius 1 is 1.25 bits per heavy atom. The van der Waals surface area contributed by atoms with Crippen LogP contribution in [0.1, 0.15) is 39.0 Å². The van der Waals surface area contributed by atoms with Crippen LogP contribution in [-0.2, 0) is 21.5 Å². The van der Waals surface area contributed by atoms with Crippen LogP contribution < -0.4 is 5.32 Å². The van der Waals surface area contributed by atoms with Gasteiger partial charge in [0.1, 0.15) is 11.7 Å². The van der Waals surface area contributed by atoms with E-state index in [0.717, 1.165) is 11.3 Å². The van der Waals surface area contributed by atoms with Gasteiger partial charge in [0.15, 0.2) is 0 Å². The number of amides is 1. The van der Waals surface area contributed by atoms with Crippen LogP contribution in [0.5, 0.6) is 0 Å². The molecule has 2 N–H and O–H groups in total. The fraction of sp³-hybridized carbons (Fsp3) is 0.389. The van der Waals surface area contributed by atoms with Gasteiger partial charge in [-0.2, -0.15) is 5.10 Å². The number of hydrogen-bond donors (Lipinski definition) is 2. The first kappa shape index (κ1) is 17.7. The van der Waals surface area contributed by atoms with Crippen LogP contribution in [0.3, 0.4) is 0 Å². The molecule has 1 unspecified atom stereocenters. The van der Waals surface area contributed by atoms with Crippen molar-refractivity contribution in [1.29, 1.82) is 0 Å². The van der Waals surface area contributed by atoms with Crippen molar-refractivity contribution in [3.05, 3.63) is 47.7 Å². The molecule has 0 spiro atoms. The van der Waals surface area contributed by atoms with E-state index in [4.69, 9.17) is 5.11 Å². The molecule has 1 amide bonds. The molecule has 6 nitrogen and oxygen atoms in total. The zero-order valence-electron chi connectivity index (χ0n) is 14.4. The first-order valence-electron chi connectivity index (χ1n) is 7.84. The van der Waals surface area contributed by atoms with Gasteiger partial charge in [0.25, 0.3) is 0 Å². The second kappa shape index (κ2) is 6.86. The average molecular weight is 329 g/mol. The Morgan fingerprint density at radius 3 is 2.42 bits per heavy atom. The molecule has 1 aromatic heterocycles. The van der Waals surface area contributed by atoms with Gasteiger partial charge < -0.3 is 10.4 Å². The summed E-state index contributed by atoms with van der Waals surface area (Å²) in [7, 11) is 0. The molecule has 0 saturated heterocycles. The molecule has 0 fully saturated rings. The Bertz CT molecular complexity index is 730. The van der Waals surface area contributed by atoms with Crippen molar-refractivity contribution in [2.75, 3.05) is 5.32 Å². The minimum Gasteiger partial charge on any atom is -0.481 e. The van der Waals surface area contributed by atoms with Gasteiger partial charge in [0.2, 0.25) is 5.91 Å². The monoisotopic (exact) mass is 329 g/mol. The van der Waals surface area contributed by atoms with Gasteiger partial charge in [-0.1, -0.05) is 51.1 Å². The van der Waals surface area contributed by atoms with Gasteiger partial charge in [-0.05, 0) is 12.5 Å². The van der Waals surface area contributed by atoms with E-state index < -0.39 is 17.8 Å². The van der Waals surface area contributed by atoms with Crippen LogP contribution >= 0.6 is 0 Å². The fourth-order valence-corrected chi connectivity index (χ4v) is 2.11. The molecule has 2 rings (SSSR count). The van der Waals surface area contributed by atoms with Crippen LogP contribution in [-0.4, -0.2) is 26.8 Å². The van der Waals surface area contributed by atoms with Crippen LogP contribution in [0.2, 0.25) is 0 Å². The number of rotatable bonds is 5. The van der Waals surface area contributed by atoms with Crippen LogP contribution in [0.15, 0.2) is 36.4 Å². The summed E-state index contributed by atoms with van der Waals surface area (Å²) in [5, 5.41) is 16.3. The number of nitrogens with zero attached hydrogens (tertiary/aromatic N) is 2. The lowest BCUT2D eigenvalue weighted by Gasteiger charge is -2.14. The largest absolute Gasteiger partial charge is 0.481 e. The van der Waals surface area contributed by atoms with Gasteiger partial charge in [-0.15, -0.1) is 0 Å². The van der Waals surface area contributed by atoms with Crippen molar-refractivity contribution in [2.24, 2.45) is 5.92 Å². The number of hydrogen-bond acceptors (Lipinski definition) is 3. The van der Waals surface area contributed by atoms with Crippen molar-refractivity contribution in [1.82, 2.24) is 9.78 Å². The summed E-state index contributed by atoms with van der Waals surface area (Å²) in [6, 6.07) is 11.6. The molecule has 0 aliphatic carbocycles. The average Bonchev–Trinajstić information content (AvgIpc) is 2.90. The van der Waals surface area contributed by atoms with E-state index in [0.29, 0.717) is 12.4 Å². The number of carbonyl (C=O) groups excluding carboxylic acids is 1. The minimum atomic E-state index is -1.15. The summed E-state index contributed by atoms with van der Waals surface area (Å²) in [4.78, 5) is 23.1. The van der Waals surface area contributed by atoms with E-state index >= 15 is 0 Å². The highest BCUT2D eigenvalue weighted by Gasteiger charge is 2.24. The molecule has 0 radical (unpaired) electrons. The molecule has 0 bridgehead atoms. The molecular weight excluding hydrogens is 306 g/mol. The van der Waals surface area contributed by atoms with Crippen molar-refractivity contribution >= 4 is 17.7 Å². The number of nitrogens with one attached hydrogen (secondary N) is 1. The third-order valence-electron chi connectivity index (χ3n) is 3.74. The highest BCUT2D eigenvalue weighted by atomic mass is 16.4. The van der Waals surface area contributed by atoms with Crippen LogP contribution in [0, 0.1) is 5.92 Å². The number of aliphatic carboxylic acids is 1. The predicted octanol–water partition coefficient (Wildman–Crippen LogP) is 2.89. The zero-order chi connectivity index (χ0) is 17.9. The van der Waals surface area contributed by atoms with Crippen molar-refractivity contribution in [3.8, 4) is 0 Å². The van der Waals surface area contributed by atoms with Gasteiger partial charge in [-0.25, -0.2) is 4.68 Å². The SMILES string of the molecule is CC(C(=O)O)C(=O)Nc1cc(C(C)(C)C)nn1Cc1ccccc1. The van der Waals surface area contributed by atoms with E-state index in [1.807, 2.05) is 51.1 Å². The number of carboxylic acid groups (broad SMARTS) is 1. The summed E-state index contributed by atoms with van der Waals surface area (Å²) >= 11 is 0. The lowest BCUT2D eigenvalue weighted by Crippen LogP contribution is -2.28. The summed E-state index contributed by atoms with van der Waals surface area (Å²) in [6.45, 7) is 7.96. The van der Waals surface area contributed by atoms with Crippen molar-refractivity contribution in [2.45, 2.75) is 39.7 Å². The molecule has 2 aromatic rings. The number of carbonyl (C=O) groups is 2. The minimum absolute atomic E-state index is 0.181. The Labute approximate surface area is 141 Å². The standard InChI is InChI=1S/C18H23N3O3/c1-12(17(23)24)16(22)19-15-10-14(18(2,3)4)20-21(15)11-13-8-6-5-7-9-13/h5-10,12H,11H2,1-4H3,(H,19,22)(H,23,24). The van der Waals surface area contributed by atoms with E-state index in [-0.39, 0.29) is 5.41 Å². The van der Waals surface area contributed by atoms with Crippen LogP contribution in [0.25, 0.3) is 0 Å². The maximum Gasteiger partial charge on any atom is 0.315 e. The normalized spacial score (nSPS) is 12.7. The molecule has 1 atom stereocenters. The second-order valence-electron chi connectivity index (χ2n) is 6.86. The van der Waals surface area contributed by atoms with Gasteiger partial charge in [-0.3, -0.25) is 9.59 Å². The third kappa shape index (κ3) is 4.22. The molecule has 1 aromatic carbocycles. The molecule has 0 saturated carbocycles. The zero-order valence-corrected chi connectivity index (χ0v) is 14.4. The molecule has 24 heavy (non-hydrogen) atoms. The van der Waals surface area contributed by atoms with Gasteiger partial charge in [0, 0.05) is 11.5 Å². The lowest BCUT2D eigenvalue weighted by molar-refractivity contribution is -0.144. The maximum atomic E-state index is 12.1. The number of carboxylic acids is 1. The van der Waals surface area contributed by atoms with E-state index in [2.05, 4.69) is 10.4 Å². The Hall–Kier alpha value is -2.63. The highest BCUT2D eigenvalue weighted by molar-refractivity contribution is 6.03. The molecule has 6 heteroatoms. The Kier molecular flexibility index (Phi) is 5.07. The smallest absolute Gasteiger partial charge is 0.315 e. The molecule has 128 valence electrons. The highest BCUT2D eigenvalue weighted by Crippen LogP contribution is 2.25. The number of anilines is 1. The molecule has 0 aliphatic heterocycles. The quantitative estimate of drug-likeness (QED) is 0.826. The third-order valence-corrected chi connectivity index (χ3v) is 3.74. The van der Waals surface area contributed by atoms with Crippen molar-refractivity contribution in [3.63, 3.8) is 0 Å². The summed E-state index contributed by atoms with van der Waals surface area (Å²) in [6.07, 6.45) is 0. The first-order valence-corrected chi connectivity index (χ1v) is 7.84. The number of benzene rings is 1. The Balaban J connectivity index is 2.32. The number of aromatic nitrogens is 2. The van der Waals surface area contributed by atoms with E-state index in [1.54, 1.807) is 10.7 Å². The maximum absolute atomic E-state index is 12.1. The topological polar surface area (TPSA) is 84.2 Å². The lowest BCUT2D eigenvalue weighted by atomic mass is 9.92. The molecular formula is C18H23N3O3. The second-order valence-corrected chi connectivity index (χ2v) is 6.86. The van der Waals surface area contributed by atoms with E-state index in [9.17, 15) is 9.59 Å². The summed E-state index contributed by atoms with van der Waals surface area (Å²) < 4.78 is 1.70. The van der Waals surface area contributed by atoms with Crippen molar-refractivity contribution < 1.29 is 14.7 Å². The summed E-state index contributed by atoms with van der Waals surface area (Å²) in [5.41, 5.74) is 1.69. The Morgan fingerprint density at radius 2 is 1.88 bits per heavy atom.